The topological polar surface area (TPSA) is 64.3 Å². The standard InChI is InChI=1S/C8H12N2O2/c1-2-8(3-4-9)5-10(6-8)7(11)12/h2-3,5-6H2,1H3,(H,11,12). The van der Waals surface area contributed by atoms with Gasteiger partial charge in [0.05, 0.1) is 6.07 Å². The van der Waals surface area contributed by atoms with Crippen LogP contribution in [-0.2, 0) is 0 Å². The molecule has 0 saturated carbocycles. The highest BCUT2D eigenvalue weighted by atomic mass is 16.4. The zero-order valence-corrected chi connectivity index (χ0v) is 7.08. The van der Waals surface area contributed by atoms with Crippen LogP contribution in [0.5, 0.6) is 0 Å². The predicted octanol–water partition coefficient (Wildman–Crippen LogP) is 1.29. The summed E-state index contributed by atoms with van der Waals surface area (Å²) >= 11 is 0. The van der Waals surface area contributed by atoms with E-state index in [2.05, 4.69) is 6.07 Å². The van der Waals surface area contributed by atoms with Gasteiger partial charge in [-0.05, 0) is 6.42 Å². The summed E-state index contributed by atoms with van der Waals surface area (Å²) < 4.78 is 0. The molecule has 66 valence electrons. The maximum Gasteiger partial charge on any atom is 0.407 e. The second-order valence-corrected chi connectivity index (χ2v) is 3.33. The molecule has 12 heavy (non-hydrogen) atoms. The molecule has 0 aliphatic carbocycles. The van der Waals surface area contributed by atoms with Crippen LogP contribution in [0.4, 0.5) is 4.79 Å². The molecule has 1 amide bonds. The lowest BCUT2D eigenvalue weighted by atomic mass is 9.75. The first-order valence-electron chi connectivity index (χ1n) is 3.98. The molecule has 0 bridgehead atoms. The van der Waals surface area contributed by atoms with Crippen molar-refractivity contribution in [2.24, 2.45) is 5.41 Å². The Labute approximate surface area is 71.4 Å². The molecule has 0 unspecified atom stereocenters. The maximum absolute atomic E-state index is 10.4. The van der Waals surface area contributed by atoms with Crippen molar-refractivity contribution >= 4 is 6.09 Å². The molecule has 1 aliphatic rings. The minimum absolute atomic E-state index is 0.0485. The molecular weight excluding hydrogens is 156 g/mol. The maximum atomic E-state index is 10.4. The molecule has 0 aromatic carbocycles. The van der Waals surface area contributed by atoms with Crippen molar-refractivity contribution < 1.29 is 9.90 Å². The fourth-order valence-electron chi connectivity index (χ4n) is 1.53. The normalized spacial score (nSPS) is 19.5. The third-order valence-electron chi connectivity index (χ3n) is 2.53. The Morgan fingerprint density at radius 1 is 1.75 bits per heavy atom. The summed E-state index contributed by atoms with van der Waals surface area (Å²) in [4.78, 5) is 11.8. The van der Waals surface area contributed by atoms with Gasteiger partial charge in [0.2, 0.25) is 0 Å². The Kier molecular flexibility index (Phi) is 2.22. The van der Waals surface area contributed by atoms with E-state index in [4.69, 9.17) is 10.4 Å². The van der Waals surface area contributed by atoms with Gasteiger partial charge in [0.15, 0.2) is 0 Å². The molecule has 1 aliphatic heterocycles. The number of rotatable bonds is 2. The van der Waals surface area contributed by atoms with Gasteiger partial charge in [-0.25, -0.2) is 4.79 Å². The van der Waals surface area contributed by atoms with Crippen molar-refractivity contribution in [3.63, 3.8) is 0 Å². The van der Waals surface area contributed by atoms with E-state index in [9.17, 15) is 4.79 Å². The van der Waals surface area contributed by atoms with Crippen LogP contribution >= 0.6 is 0 Å². The monoisotopic (exact) mass is 168 g/mol. The Balaban J connectivity index is 2.47. The third-order valence-corrected chi connectivity index (χ3v) is 2.53. The number of amides is 1. The fourth-order valence-corrected chi connectivity index (χ4v) is 1.53. The molecule has 0 atom stereocenters. The van der Waals surface area contributed by atoms with Crippen molar-refractivity contribution in [3.05, 3.63) is 0 Å². The molecule has 1 fully saturated rings. The molecule has 1 saturated heterocycles. The Hall–Kier alpha value is -1.24. The van der Waals surface area contributed by atoms with Crippen LogP contribution in [0.1, 0.15) is 19.8 Å². The summed E-state index contributed by atoms with van der Waals surface area (Å²) in [5.74, 6) is 0. The quantitative estimate of drug-likeness (QED) is 0.675. The minimum Gasteiger partial charge on any atom is -0.465 e. The van der Waals surface area contributed by atoms with Crippen LogP contribution in [0.25, 0.3) is 0 Å². The van der Waals surface area contributed by atoms with Crippen molar-refractivity contribution in [1.29, 1.82) is 5.26 Å². The molecule has 0 spiro atoms. The van der Waals surface area contributed by atoms with Crippen LogP contribution in [-0.4, -0.2) is 29.2 Å². The van der Waals surface area contributed by atoms with E-state index in [-0.39, 0.29) is 5.41 Å². The fraction of sp³-hybridized carbons (Fsp3) is 0.750. The van der Waals surface area contributed by atoms with Gasteiger partial charge in [0.1, 0.15) is 0 Å². The van der Waals surface area contributed by atoms with Crippen molar-refractivity contribution in [3.8, 4) is 6.07 Å². The van der Waals surface area contributed by atoms with Gasteiger partial charge in [-0.1, -0.05) is 6.92 Å². The van der Waals surface area contributed by atoms with E-state index in [1.807, 2.05) is 6.92 Å². The summed E-state index contributed by atoms with van der Waals surface area (Å²) in [5, 5.41) is 17.1. The largest absolute Gasteiger partial charge is 0.465 e. The van der Waals surface area contributed by atoms with Crippen LogP contribution in [0.15, 0.2) is 0 Å². The highest BCUT2D eigenvalue weighted by molar-refractivity contribution is 5.66. The van der Waals surface area contributed by atoms with Gasteiger partial charge in [-0.3, -0.25) is 0 Å². The molecule has 0 radical (unpaired) electrons. The van der Waals surface area contributed by atoms with Crippen LogP contribution in [0.3, 0.4) is 0 Å². The first-order chi connectivity index (χ1) is 5.63. The molecule has 1 rings (SSSR count). The van der Waals surface area contributed by atoms with Gasteiger partial charge < -0.3 is 10.0 Å². The van der Waals surface area contributed by atoms with Crippen molar-refractivity contribution in [2.45, 2.75) is 19.8 Å². The lowest BCUT2D eigenvalue weighted by Crippen LogP contribution is -2.57. The molecule has 4 heteroatoms. The molecule has 1 heterocycles. The van der Waals surface area contributed by atoms with Crippen LogP contribution < -0.4 is 0 Å². The molecule has 4 nitrogen and oxygen atoms in total. The van der Waals surface area contributed by atoms with Gasteiger partial charge in [-0.15, -0.1) is 0 Å². The summed E-state index contributed by atoms with van der Waals surface area (Å²) in [6.45, 7) is 3.04. The van der Waals surface area contributed by atoms with Gasteiger partial charge >= 0.3 is 6.09 Å². The van der Waals surface area contributed by atoms with E-state index in [1.54, 1.807) is 0 Å². The summed E-state index contributed by atoms with van der Waals surface area (Å²) in [6, 6.07) is 2.10. The molecule has 0 aromatic rings. The number of carbonyl (C=O) groups is 1. The molecular formula is C8H12N2O2. The van der Waals surface area contributed by atoms with Gasteiger partial charge in [0, 0.05) is 24.9 Å². The molecule has 0 aromatic heterocycles. The predicted molar refractivity (Wildman–Crippen MR) is 42.6 cm³/mol. The summed E-state index contributed by atoms with van der Waals surface area (Å²) in [5.41, 5.74) is -0.0485. The Morgan fingerprint density at radius 3 is 2.67 bits per heavy atom. The summed E-state index contributed by atoms with van der Waals surface area (Å²) in [6.07, 6.45) is 0.467. The first-order valence-corrected chi connectivity index (χ1v) is 3.98. The smallest absolute Gasteiger partial charge is 0.407 e. The number of hydrogen-bond donors (Lipinski definition) is 1. The van der Waals surface area contributed by atoms with E-state index in [0.717, 1.165) is 6.42 Å². The van der Waals surface area contributed by atoms with E-state index in [0.29, 0.717) is 19.5 Å². The molecule has 1 N–H and O–H groups in total. The van der Waals surface area contributed by atoms with Crippen LogP contribution in [0, 0.1) is 16.7 Å². The van der Waals surface area contributed by atoms with Crippen molar-refractivity contribution in [1.82, 2.24) is 4.90 Å². The zero-order chi connectivity index (χ0) is 9.19. The Bertz CT molecular complexity index is 226. The number of carboxylic acid groups (broad SMARTS) is 1. The number of likely N-dealkylation sites (tertiary alicyclic amines) is 1. The number of nitrogens with zero attached hydrogens (tertiary/aromatic N) is 2. The van der Waals surface area contributed by atoms with Crippen molar-refractivity contribution in [2.75, 3.05) is 13.1 Å². The van der Waals surface area contributed by atoms with Crippen LogP contribution in [0.2, 0.25) is 0 Å². The first kappa shape index (κ1) is 8.85. The van der Waals surface area contributed by atoms with E-state index < -0.39 is 6.09 Å². The van der Waals surface area contributed by atoms with E-state index in [1.165, 1.54) is 4.90 Å². The second kappa shape index (κ2) is 3.02. The van der Waals surface area contributed by atoms with E-state index >= 15 is 0 Å². The lowest BCUT2D eigenvalue weighted by Gasteiger charge is -2.47. The zero-order valence-electron chi connectivity index (χ0n) is 7.08. The second-order valence-electron chi connectivity index (χ2n) is 3.33. The SMILES string of the molecule is CCC1(CC#N)CN(C(=O)O)C1. The minimum atomic E-state index is -0.878. The average molecular weight is 168 g/mol. The average Bonchev–Trinajstić information content (AvgIpc) is 1.95. The lowest BCUT2D eigenvalue weighted by molar-refractivity contribution is 0.0106. The van der Waals surface area contributed by atoms with Gasteiger partial charge in [0.25, 0.3) is 0 Å². The Morgan fingerprint density at radius 2 is 2.33 bits per heavy atom. The highest BCUT2D eigenvalue weighted by Gasteiger charge is 2.43. The number of nitriles is 1. The van der Waals surface area contributed by atoms with Gasteiger partial charge in [-0.2, -0.15) is 5.26 Å². The summed E-state index contributed by atoms with van der Waals surface area (Å²) in [7, 11) is 0. The third kappa shape index (κ3) is 1.35. The highest BCUT2D eigenvalue weighted by Crippen LogP contribution is 2.36. The number of hydrogen-bond acceptors (Lipinski definition) is 2.